The van der Waals surface area contributed by atoms with Gasteiger partial charge in [-0.2, -0.15) is 0 Å². The Balaban J connectivity index is 2.32. The van der Waals surface area contributed by atoms with Crippen molar-refractivity contribution in [3.63, 3.8) is 0 Å². The molecule has 0 aliphatic carbocycles. The SMILES string of the molecule is O=C(CN1C(=O)c2ccccc2C1=O)[O][BiH2]. The number of rotatable bonds is 2. The number of fused-ring (bicyclic) bond motifs is 1. The molecule has 0 saturated carbocycles. The molecule has 1 aromatic carbocycles. The van der Waals surface area contributed by atoms with E-state index in [1.54, 1.807) is 24.3 Å². The second-order valence-corrected chi connectivity index (χ2v) is 4.15. The summed E-state index contributed by atoms with van der Waals surface area (Å²) >= 11 is 0.0627. The maximum absolute atomic E-state index is 11.8. The Morgan fingerprint density at radius 3 is 2.12 bits per heavy atom. The third-order valence-corrected chi connectivity index (χ3v) is 3.32. The minimum atomic E-state index is -0.542. The molecular weight excluding hydrogens is 407 g/mol. The van der Waals surface area contributed by atoms with Gasteiger partial charge in [0.1, 0.15) is 0 Å². The molecule has 2 rings (SSSR count). The molecule has 16 heavy (non-hydrogen) atoms. The van der Waals surface area contributed by atoms with Gasteiger partial charge in [-0.05, 0) is 0 Å². The van der Waals surface area contributed by atoms with Crippen LogP contribution in [0.5, 0.6) is 0 Å². The summed E-state index contributed by atoms with van der Waals surface area (Å²) in [5.74, 6) is -1.41. The van der Waals surface area contributed by atoms with E-state index in [0.717, 1.165) is 4.90 Å². The zero-order chi connectivity index (χ0) is 11.7. The molecule has 82 valence electrons. The van der Waals surface area contributed by atoms with Gasteiger partial charge in [-0.15, -0.1) is 0 Å². The van der Waals surface area contributed by atoms with Crippen molar-refractivity contribution in [2.45, 2.75) is 0 Å². The van der Waals surface area contributed by atoms with Gasteiger partial charge < -0.3 is 0 Å². The molecule has 0 N–H and O–H groups in total. The summed E-state index contributed by atoms with van der Waals surface area (Å²) in [6, 6.07) is 6.51. The molecule has 1 aliphatic heterocycles. The first-order valence-electron chi connectivity index (χ1n) is 4.50. The fourth-order valence-electron chi connectivity index (χ4n) is 1.55. The third kappa shape index (κ3) is 1.73. The Hall–Kier alpha value is -1.29. The number of amides is 2. The summed E-state index contributed by atoms with van der Waals surface area (Å²) < 4.78 is 4.59. The second-order valence-electron chi connectivity index (χ2n) is 3.23. The Morgan fingerprint density at radius 2 is 1.69 bits per heavy atom. The molecule has 1 heterocycles. The molecule has 1 aliphatic rings. The van der Waals surface area contributed by atoms with Gasteiger partial charge in [-0.3, -0.25) is 0 Å². The molecule has 5 nitrogen and oxygen atoms in total. The number of hydrogen-bond acceptors (Lipinski definition) is 4. The van der Waals surface area contributed by atoms with Crippen LogP contribution in [0.15, 0.2) is 24.3 Å². The van der Waals surface area contributed by atoms with Crippen LogP contribution in [0.25, 0.3) is 0 Å². The monoisotopic (exact) mass is 415 g/mol. The van der Waals surface area contributed by atoms with Gasteiger partial charge in [0.25, 0.3) is 0 Å². The normalized spacial score (nSPS) is 13.9. The van der Waals surface area contributed by atoms with Gasteiger partial charge in [-0.1, -0.05) is 0 Å². The molecule has 0 atom stereocenters. The predicted molar refractivity (Wildman–Crippen MR) is 56.4 cm³/mol. The summed E-state index contributed by atoms with van der Waals surface area (Å²) in [7, 11) is 0. The number of carbonyl (C=O) groups is 3. The maximum atomic E-state index is 11.8. The summed E-state index contributed by atoms with van der Waals surface area (Å²) in [5.41, 5.74) is 0.687. The minimum absolute atomic E-state index is 0.0627. The van der Waals surface area contributed by atoms with Crippen LogP contribution in [-0.4, -0.2) is 54.4 Å². The summed E-state index contributed by atoms with van der Waals surface area (Å²) in [4.78, 5) is 35.5. The van der Waals surface area contributed by atoms with Crippen LogP contribution >= 0.6 is 0 Å². The zero-order valence-electron chi connectivity index (χ0n) is 8.17. The van der Waals surface area contributed by atoms with Gasteiger partial charge in [0, 0.05) is 0 Å². The van der Waals surface area contributed by atoms with E-state index in [2.05, 4.69) is 2.81 Å². The number of hydrogen-bond donors (Lipinski definition) is 0. The summed E-state index contributed by atoms with van der Waals surface area (Å²) in [6.45, 7) is -0.303. The van der Waals surface area contributed by atoms with E-state index in [-0.39, 0.29) is 31.7 Å². The fourth-order valence-corrected chi connectivity index (χ4v) is 1.84. The molecule has 0 spiro atoms. The van der Waals surface area contributed by atoms with Crippen molar-refractivity contribution in [3.05, 3.63) is 35.4 Å². The van der Waals surface area contributed by atoms with Crippen molar-refractivity contribution in [2.24, 2.45) is 0 Å². The predicted octanol–water partition coefficient (Wildman–Crippen LogP) is -0.626. The Labute approximate surface area is 107 Å². The van der Waals surface area contributed by atoms with Crippen LogP contribution in [0.4, 0.5) is 0 Å². The molecule has 6 heteroatoms. The number of imide groups is 1. The zero-order valence-corrected chi connectivity index (χ0v) is 12.7. The van der Waals surface area contributed by atoms with Crippen molar-refractivity contribution in [2.75, 3.05) is 6.54 Å². The fraction of sp³-hybridized carbons (Fsp3) is 0.100. The van der Waals surface area contributed by atoms with Crippen LogP contribution in [0.3, 0.4) is 0 Å². The van der Waals surface area contributed by atoms with E-state index in [1.807, 2.05) is 0 Å². The summed E-state index contributed by atoms with van der Waals surface area (Å²) in [6.07, 6.45) is 0. The number of nitrogens with zero attached hydrogens (tertiary/aromatic N) is 1. The first kappa shape index (κ1) is 11.2. The molecule has 0 bridgehead atoms. The number of benzene rings is 1. The summed E-state index contributed by atoms with van der Waals surface area (Å²) in [5, 5.41) is 0. The molecule has 0 saturated heterocycles. The van der Waals surface area contributed by atoms with E-state index in [0.29, 0.717) is 11.1 Å². The Morgan fingerprint density at radius 1 is 1.19 bits per heavy atom. The average Bonchev–Trinajstić information content (AvgIpc) is 2.55. The van der Waals surface area contributed by atoms with E-state index >= 15 is 0 Å². The standard InChI is InChI=1S/C10H7NO4.Bi.2H/c12-8(13)5-11-9(14)6-3-1-2-4-7(6)10(11)15;;;/h1-4H,5H2,(H,12,13);;;/q;+1;;/p-1. The molecule has 0 unspecified atom stereocenters. The van der Waals surface area contributed by atoms with Crippen molar-refractivity contribution in [3.8, 4) is 0 Å². The molecule has 0 aromatic heterocycles. The molecule has 0 fully saturated rings. The van der Waals surface area contributed by atoms with Crippen molar-refractivity contribution < 1.29 is 17.2 Å². The van der Waals surface area contributed by atoms with Gasteiger partial charge in [0.15, 0.2) is 0 Å². The first-order valence-corrected chi connectivity index (χ1v) is 6.33. The van der Waals surface area contributed by atoms with Crippen molar-refractivity contribution >= 4 is 42.9 Å². The van der Waals surface area contributed by atoms with Gasteiger partial charge in [0.2, 0.25) is 0 Å². The molecule has 2 amide bonds. The first-order chi connectivity index (χ1) is 7.65. The topological polar surface area (TPSA) is 63.7 Å². The van der Waals surface area contributed by atoms with Crippen LogP contribution in [0.2, 0.25) is 0 Å². The van der Waals surface area contributed by atoms with Crippen LogP contribution < -0.4 is 0 Å². The van der Waals surface area contributed by atoms with E-state index in [1.165, 1.54) is 0 Å². The Bertz CT molecular complexity index is 450. The van der Waals surface area contributed by atoms with Crippen molar-refractivity contribution in [1.29, 1.82) is 0 Å². The van der Waals surface area contributed by atoms with Crippen LogP contribution in [-0.2, 0) is 7.61 Å². The van der Waals surface area contributed by atoms with Crippen LogP contribution in [0, 0.1) is 0 Å². The van der Waals surface area contributed by atoms with Gasteiger partial charge >= 0.3 is 107 Å². The average molecular weight is 415 g/mol. The van der Waals surface area contributed by atoms with E-state index < -0.39 is 17.8 Å². The van der Waals surface area contributed by atoms with Gasteiger partial charge in [0.05, 0.1) is 0 Å². The molecular formula is C10H8BiNO4. The third-order valence-electron chi connectivity index (χ3n) is 2.30. The van der Waals surface area contributed by atoms with E-state index in [4.69, 9.17) is 0 Å². The second kappa shape index (κ2) is 4.30. The van der Waals surface area contributed by atoms with E-state index in [9.17, 15) is 14.4 Å². The molecule has 0 radical (unpaired) electrons. The quantitative estimate of drug-likeness (QED) is 0.477. The van der Waals surface area contributed by atoms with Crippen LogP contribution in [0.1, 0.15) is 20.7 Å². The van der Waals surface area contributed by atoms with Crippen molar-refractivity contribution in [1.82, 2.24) is 4.90 Å². The number of carbonyl (C=O) groups excluding carboxylic acids is 3. The molecule has 1 aromatic rings. The Kier molecular flexibility index (Phi) is 3.01. The van der Waals surface area contributed by atoms with Gasteiger partial charge in [-0.25, -0.2) is 0 Å².